The van der Waals surface area contributed by atoms with Crippen LogP contribution in [-0.4, -0.2) is 53.3 Å². The van der Waals surface area contributed by atoms with Gasteiger partial charge in [0.1, 0.15) is 6.04 Å². The van der Waals surface area contributed by atoms with Crippen molar-refractivity contribution in [1.29, 1.82) is 0 Å². The third-order valence-corrected chi connectivity index (χ3v) is 4.02. The molecular weight excluding hydrogens is 302 g/mol. The van der Waals surface area contributed by atoms with E-state index in [-0.39, 0.29) is 22.0 Å². The standard InChI is InChI=1S/C12H18F2N4O2S/c1-7(2)8(11(19)18-3-5-20-6-4-18)15-12-17-16-10(21-12)9(13)14/h7-9H,3-6H2,1-2H3,(H,15,17). The quantitative estimate of drug-likeness (QED) is 0.895. The van der Waals surface area contributed by atoms with Crippen molar-refractivity contribution in [2.24, 2.45) is 5.92 Å². The summed E-state index contributed by atoms with van der Waals surface area (Å²) in [6, 6.07) is -0.512. The molecule has 0 aliphatic carbocycles. The minimum absolute atomic E-state index is 0.000699. The highest BCUT2D eigenvalue weighted by Gasteiger charge is 2.29. The Morgan fingerprint density at radius 2 is 2.00 bits per heavy atom. The first kappa shape index (κ1) is 16.0. The summed E-state index contributed by atoms with van der Waals surface area (Å²) >= 11 is 0.772. The second-order valence-electron chi connectivity index (χ2n) is 5.05. The first-order chi connectivity index (χ1) is 9.99. The SMILES string of the molecule is CC(C)C(Nc1nnc(C(F)F)s1)C(=O)N1CCOCC1. The van der Waals surface area contributed by atoms with Gasteiger partial charge in [0.25, 0.3) is 6.43 Å². The molecule has 0 spiro atoms. The average Bonchev–Trinajstić information content (AvgIpc) is 2.93. The first-order valence-corrected chi connectivity index (χ1v) is 7.55. The maximum Gasteiger partial charge on any atom is 0.291 e. The van der Waals surface area contributed by atoms with Gasteiger partial charge in [-0.05, 0) is 5.92 Å². The lowest BCUT2D eigenvalue weighted by atomic mass is 10.0. The second-order valence-corrected chi connectivity index (χ2v) is 6.06. The van der Waals surface area contributed by atoms with E-state index in [9.17, 15) is 13.6 Å². The number of halogens is 2. The van der Waals surface area contributed by atoms with Crippen molar-refractivity contribution in [3.8, 4) is 0 Å². The molecule has 1 aliphatic rings. The van der Waals surface area contributed by atoms with Gasteiger partial charge >= 0.3 is 0 Å². The molecule has 0 saturated carbocycles. The maximum absolute atomic E-state index is 12.5. The number of nitrogens with one attached hydrogen (secondary N) is 1. The normalized spacial score (nSPS) is 17.3. The van der Waals surface area contributed by atoms with E-state index in [4.69, 9.17) is 4.74 Å². The summed E-state index contributed by atoms with van der Waals surface area (Å²) in [5.74, 6) is -0.0682. The molecule has 1 aromatic rings. The van der Waals surface area contributed by atoms with E-state index in [0.29, 0.717) is 26.3 Å². The summed E-state index contributed by atoms with van der Waals surface area (Å²) < 4.78 is 30.3. The van der Waals surface area contributed by atoms with Gasteiger partial charge in [0.05, 0.1) is 13.2 Å². The van der Waals surface area contributed by atoms with Gasteiger partial charge in [-0.25, -0.2) is 8.78 Å². The predicted octanol–water partition coefficient (Wildman–Crippen LogP) is 1.77. The molecule has 2 rings (SSSR count). The summed E-state index contributed by atoms with van der Waals surface area (Å²) in [6.07, 6.45) is -2.65. The highest BCUT2D eigenvalue weighted by Crippen LogP contribution is 2.26. The Labute approximate surface area is 125 Å². The molecule has 0 aromatic carbocycles. The molecule has 1 amide bonds. The van der Waals surface area contributed by atoms with E-state index in [0.717, 1.165) is 11.3 Å². The van der Waals surface area contributed by atoms with Crippen molar-refractivity contribution < 1.29 is 18.3 Å². The summed E-state index contributed by atoms with van der Waals surface area (Å²) in [5, 5.41) is 9.90. The van der Waals surface area contributed by atoms with Crippen LogP contribution in [0.3, 0.4) is 0 Å². The van der Waals surface area contributed by atoms with Gasteiger partial charge in [0.2, 0.25) is 11.0 Å². The van der Waals surface area contributed by atoms with Crippen LogP contribution in [0.25, 0.3) is 0 Å². The number of anilines is 1. The van der Waals surface area contributed by atoms with Crippen LogP contribution in [0, 0.1) is 5.92 Å². The Bertz CT molecular complexity index is 478. The van der Waals surface area contributed by atoms with Crippen LogP contribution in [-0.2, 0) is 9.53 Å². The summed E-state index contributed by atoms with van der Waals surface area (Å²) in [6.45, 7) is 5.91. The molecule has 118 valence electrons. The molecule has 0 bridgehead atoms. The van der Waals surface area contributed by atoms with Crippen LogP contribution < -0.4 is 5.32 Å². The molecule has 6 nitrogen and oxygen atoms in total. The van der Waals surface area contributed by atoms with Crippen LogP contribution >= 0.6 is 11.3 Å². The molecule has 1 N–H and O–H groups in total. The molecule has 2 heterocycles. The zero-order valence-corrected chi connectivity index (χ0v) is 12.7. The van der Waals surface area contributed by atoms with E-state index in [1.165, 1.54) is 0 Å². The number of hydrogen-bond donors (Lipinski definition) is 1. The molecule has 1 aliphatic heterocycles. The number of aromatic nitrogens is 2. The number of carbonyl (C=O) groups excluding carboxylic acids is 1. The number of nitrogens with zero attached hydrogens (tertiary/aromatic N) is 3. The maximum atomic E-state index is 12.5. The second kappa shape index (κ2) is 7.08. The van der Waals surface area contributed by atoms with E-state index >= 15 is 0 Å². The third-order valence-electron chi connectivity index (χ3n) is 3.16. The Morgan fingerprint density at radius 3 is 2.52 bits per heavy atom. The van der Waals surface area contributed by atoms with Gasteiger partial charge in [0, 0.05) is 13.1 Å². The predicted molar refractivity (Wildman–Crippen MR) is 74.5 cm³/mol. The van der Waals surface area contributed by atoms with Crippen LogP contribution in [0.4, 0.5) is 13.9 Å². The van der Waals surface area contributed by atoms with Crippen molar-refractivity contribution >= 4 is 22.4 Å². The lowest BCUT2D eigenvalue weighted by Crippen LogP contribution is -2.49. The number of alkyl halides is 2. The van der Waals surface area contributed by atoms with Gasteiger partial charge in [-0.3, -0.25) is 4.79 Å². The smallest absolute Gasteiger partial charge is 0.291 e. The largest absolute Gasteiger partial charge is 0.378 e. The van der Waals surface area contributed by atoms with Gasteiger partial charge < -0.3 is 15.0 Å². The van der Waals surface area contributed by atoms with Gasteiger partial charge in [0.15, 0.2) is 5.01 Å². The van der Waals surface area contributed by atoms with Crippen LogP contribution in [0.5, 0.6) is 0 Å². The van der Waals surface area contributed by atoms with E-state index in [1.807, 2.05) is 13.8 Å². The van der Waals surface area contributed by atoms with Crippen molar-refractivity contribution in [1.82, 2.24) is 15.1 Å². The summed E-state index contributed by atoms with van der Waals surface area (Å²) in [4.78, 5) is 14.2. The number of ether oxygens (including phenoxy) is 1. The van der Waals surface area contributed by atoms with Gasteiger partial charge in [-0.15, -0.1) is 10.2 Å². The van der Waals surface area contributed by atoms with E-state index in [1.54, 1.807) is 4.90 Å². The molecule has 1 atom stereocenters. The number of carbonyl (C=O) groups is 1. The number of hydrogen-bond acceptors (Lipinski definition) is 6. The zero-order valence-electron chi connectivity index (χ0n) is 11.9. The van der Waals surface area contributed by atoms with Crippen LogP contribution in [0.1, 0.15) is 25.3 Å². The Balaban J connectivity index is 2.05. The van der Waals surface area contributed by atoms with E-state index < -0.39 is 12.5 Å². The summed E-state index contributed by atoms with van der Waals surface area (Å²) in [5.41, 5.74) is 0. The lowest BCUT2D eigenvalue weighted by Gasteiger charge is -2.32. The Morgan fingerprint density at radius 1 is 1.33 bits per heavy atom. The number of morpholine rings is 1. The fraction of sp³-hybridized carbons (Fsp3) is 0.750. The number of amides is 1. The Hall–Kier alpha value is -1.35. The molecule has 1 fully saturated rings. The molecule has 9 heteroatoms. The molecule has 1 saturated heterocycles. The molecular formula is C12H18F2N4O2S. The minimum Gasteiger partial charge on any atom is -0.378 e. The van der Waals surface area contributed by atoms with Crippen LogP contribution in [0.15, 0.2) is 0 Å². The van der Waals surface area contributed by atoms with Gasteiger partial charge in [-0.1, -0.05) is 25.2 Å². The molecule has 21 heavy (non-hydrogen) atoms. The monoisotopic (exact) mass is 320 g/mol. The van der Waals surface area contributed by atoms with E-state index in [2.05, 4.69) is 15.5 Å². The van der Waals surface area contributed by atoms with Crippen molar-refractivity contribution in [2.75, 3.05) is 31.6 Å². The summed E-state index contributed by atoms with van der Waals surface area (Å²) in [7, 11) is 0. The van der Waals surface area contributed by atoms with Gasteiger partial charge in [-0.2, -0.15) is 0 Å². The molecule has 1 aromatic heterocycles. The third kappa shape index (κ3) is 4.07. The first-order valence-electron chi connectivity index (χ1n) is 6.73. The lowest BCUT2D eigenvalue weighted by molar-refractivity contribution is -0.137. The van der Waals surface area contributed by atoms with Crippen LogP contribution in [0.2, 0.25) is 0 Å². The molecule has 1 unspecified atom stereocenters. The van der Waals surface area contributed by atoms with Crippen molar-refractivity contribution in [3.63, 3.8) is 0 Å². The molecule has 0 radical (unpaired) electrons. The Kier molecular flexibility index (Phi) is 5.40. The number of rotatable bonds is 5. The topological polar surface area (TPSA) is 67.4 Å². The zero-order chi connectivity index (χ0) is 15.4. The highest BCUT2D eigenvalue weighted by molar-refractivity contribution is 7.15. The average molecular weight is 320 g/mol. The minimum atomic E-state index is -2.65. The van der Waals surface area contributed by atoms with Crippen molar-refractivity contribution in [3.05, 3.63) is 5.01 Å². The highest BCUT2D eigenvalue weighted by atomic mass is 32.1. The van der Waals surface area contributed by atoms with Crippen molar-refractivity contribution in [2.45, 2.75) is 26.3 Å². The fourth-order valence-electron chi connectivity index (χ4n) is 2.01. The fourth-order valence-corrected chi connectivity index (χ4v) is 2.64.